The summed E-state index contributed by atoms with van der Waals surface area (Å²) in [4.78, 5) is 165. The van der Waals surface area contributed by atoms with Crippen LogP contribution in [-0.4, -0.2) is 188 Å². The van der Waals surface area contributed by atoms with Gasteiger partial charge >= 0.3 is 5.97 Å². The normalized spacial score (nSPS) is 24.4. The molecule has 2 saturated heterocycles. The van der Waals surface area contributed by atoms with Crippen LogP contribution in [0.15, 0.2) is 103 Å². The number of hydrogen-bond donors (Lipinski definition) is 16. The van der Waals surface area contributed by atoms with E-state index in [1.165, 1.54) is 84.0 Å². The van der Waals surface area contributed by atoms with Gasteiger partial charge in [0.05, 0.1) is 13.0 Å². The number of primary amides is 1. The Balaban J connectivity index is 1.05. The first-order valence-corrected chi connectivity index (χ1v) is 35.5. The fourth-order valence-electron chi connectivity index (χ4n) is 12.5. The molecule has 18 N–H and O–H groups in total. The molecule has 6 aromatic rings. The number of carboxylic acids is 1. The molecule has 3 aliphatic heterocycles. The van der Waals surface area contributed by atoms with Crippen LogP contribution in [0.2, 0.25) is 0 Å². The van der Waals surface area contributed by atoms with Crippen LogP contribution in [0.5, 0.6) is 5.75 Å². The highest BCUT2D eigenvalue weighted by Crippen LogP contribution is 2.27. The summed E-state index contributed by atoms with van der Waals surface area (Å²) in [5, 5.41) is 49.5. The lowest BCUT2D eigenvalue weighted by atomic mass is 9.90. The van der Waals surface area contributed by atoms with Gasteiger partial charge in [-0.3, -0.25) is 52.7 Å². The number of phenols is 1. The zero-order valence-electron chi connectivity index (χ0n) is 55.3. The molecule has 10 amide bonds. The summed E-state index contributed by atoms with van der Waals surface area (Å²) in [6.45, 7) is 1.63. The molecule has 0 aliphatic carbocycles. The number of H-pyrrole nitrogens is 2. The molecular formula is C69H86FN15O13S2. The van der Waals surface area contributed by atoms with Gasteiger partial charge in [0, 0.05) is 109 Å². The summed E-state index contributed by atoms with van der Waals surface area (Å²) in [6.07, 6.45) is 2.78. The van der Waals surface area contributed by atoms with Gasteiger partial charge in [-0.2, -0.15) is 23.5 Å². The summed E-state index contributed by atoms with van der Waals surface area (Å²) in [5.74, 6) is -9.22. The fourth-order valence-corrected chi connectivity index (χ4v) is 14.4. The van der Waals surface area contributed by atoms with E-state index < -0.39 is 138 Å². The fraction of sp³-hybridized carbons (Fsp3) is 0.435. The van der Waals surface area contributed by atoms with Gasteiger partial charge in [0.1, 0.15) is 59.4 Å². The highest BCUT2D eigenvalue weighted by Gasteiger charge is 2.43. The van der Waals surface area contributed by atoms with Gasteiger partial charge in [-0.05, 0) is 116 Å². The molecule has 2 unspecified atom stereocenters. The minimum absolute atomic E-state index is 0.0291. The Morgan fingerprint density at radius 1 is 0.700 bits per heavy atom. The molecule has 100 heavy (non-hydrogen) atoms. The second-order valence-electron chi connectivity index (χ2n) is 25.5. The Bertz CT molecular complexity index is 3950. The van der Waals surface area contributed by atoms with Gasteiger partial charge in [0.15, 0.2) is 0 Å². The van der Waals surface area contributed by atoms with E-state index in [1.54, 1.807) is 30.5 Å². The van der Waals surface area contributed by atoms with Gasteiger partial charge in [0.2, 0.25) is 59.1 Å². The maximum atomic E-state index is 15.4. The molecule has 9 atom stereocenters. The van der Waals surface area contributed by atoms with Crippen molar-refractivity contribution in [3.63, 3.8) is 0 Å². The second kappa shape index (κ2) is 35.5. The summed E-state index contributed by atoms with van der Waals surface area (Å²) >= 11 is 2.82. The highest BCUT2D eigenvalue weighted by atomic mass is 32.2. The molecule has 2 fully saturated rings. The number of nitrogens with zero attached hydrogens (tertiary/aromatic N) is 1. The van der Waals surface area contributed by atoms with Crippen LogP contribution in [0.1, 0.15) is 86.1 Å². The highest BCUT2D eigenvalue weighted by molar-refractivity contribution is 7.98. The lowest BCUT2D eigenvalue weighted by Gasteiger charge is -2.33. The van der Waals surface area contributed by atoms with E-state index in [1.807, 2.05) is 24.3 Å². The maximum absolute atomic E-state index is 15.4. The molecular weight excluding hydrogens is 1330 g/mol. The van der Waals surface area contributed by atoms with Crippen molar-refractivity contribution in [3.8, 4) is 5.75 Å². The first-order valence-electron chi connectivity index (χ1n) is 33.2. The summed E-state index contributed by atoms with van der Waals surface area (Å²) in [7, 11) is 0. The summed E-state index contributed by atoms with van der Waals surface area (Å²) in [6, 6.07) is 14.1. The third kappa shape index (κ3) is 20.8. The number of aliphatic carboxylic acids is 1. The Hall–Kier alpha value is -9.56. The number of aromatic hydroxyl groups is 1. The number of hydrogen-bond acceptors (Lipinski definition) is 17. The van der Waals surface area contributed by atoms with Crippen LogP contribution in [0.3, 0.4) is 0 Å². The summed E-state index contributed by atoms with van der Waals surface area (Å²) < 4.78 is 14.9. The number of phenolic OH excluding ortho intramolecular Hbond substituents is 1. The van der Waals surface area contributed by atoms with Gasteiger partial charge in [-0.1, -0.05) is 54.6 Å². The molecule has 2 bridgehead atoms. The van der Waals surface area contributed by atoms with Crippen molar-refractivity contribution < 1.29 is 67.3 Å². The number of rotatable bonds is 15. The molecule has 31 heteroatoms. The standard InChI is InChI=1S/C69H86FN15O13S2/c1-69(30-43-32-75-49-11-3-2-10-47(43)49)68(98)83-54(29-60(89)90)64(94)80-53(28-45-33-73-38-77-45)63(93)81-55(25-39-14-17-46(86)18-15-39)67(97)85-22-7-13-57(85)66(96)82-56(61(72)91)37-100-36-41-9-6-8-40(24-41)35-99-23-20-58(87)78-51(12-4-5-21-71)62(92)76-34-59(88)79-52(65(95)84-69)26-42-31-74-50-19-16-44(70)27-48(42)50/h2-3,6,8-11,14-19,24,27,31-32,45,51-57,73-75,77,86H,4-5,7,12-13,20-23,25-26,28-30,33-38,71H2,1H3,(H2,72,91)(H,76,92)(H,78,87)(H,79,88)(H,80,94)(H,81,93)(H,82,96)(H,83,98)(H,84,95)(H,89,90)/t45?,51?,52-,53-,54-,55-,56-,57-,69-/m0/s1. The molecule has 0 saturated carbocycles. The number of unbranched alkanes of at least 4 members (excludes halogenated alkanes) is 1. The number of aromatic amines is 2. The first-order chi connectivity index (χ1) is 48.0. The van der Waals surface area contributed by atoms with Crippen LogP contribution in [0.25, 0.3) is 21.8 Å². The number of benzene rings is 4. The average Bonchev–Trinajstić information content (AvgIpc) is 1.36. The molecule has 5 heterocycles. The number of thioether (sulfide) groups is 2. The SMILES string of the molecule is C[C@@]1(Cc2c[nH]c3ccccc23)NC(=O)[C@H](Cc2c[nH]c3ccc(F)cc23)NC(=O)CNC(=O)C(CCCCN)NC(=O)CCSCc2cccc(c2)CSC[C@@H](C(N)=O)NC(=O)[C@@H]2CCCN2C(=O)[C@H](Cc2ccc(O)cc2)NC(=O)[C@H](CC2CNCN2)NC(=O)[C@H](CC(=O)O)NC1=O. The largest absolute Gasteiger partial charge is 0.508 e. The molecule has 3 aliphatic rings. The van der Waals surface area contributed by atoms with E-state index in [-0.39, 0.29) is 63.0 Å². The number of para-hydroxylation sites is 1. The monoisotopic (exact) mass is 1420 g/mol. The van der Waals surface area contributed by atoms with Crippen molar-refractivity contribution in [2.45, 2.75) is 143 Å². The minimum atomic E-state index is -2.14. The zero-order valence-corrected chi connectivity index (χ0v) is 56.9. The molecule has 0 radical (unpaired) electrons. The van der Waals surface area contributed by atoms with Crippen LogP contribution >= 0.6 is 23.5 Å². The van der Waals surface area contributed by atoms with Crippen molar-refractivity contribution in [3.05, 3.63) is 137 Å². The van der Waals surface area contributed by atoms with E-state index in [0.29, 0.717) is 94.8 Å². The lowest BCUT2D eigenvalue weighted by molar-refractivity contribution is -0.143. The Labute approximate surface area is 584 Å². The van der Waals surface area contributed by atoms with E-state index in [9.17, 15) is 48.2 Å². The smallest absolute Gasteiger partial charge is 0.305 e. The van der Waals surface area contributed by atoms with Crippen molar-refractivity contribution in [1.82, 2.24) is 68.0 Å². The van der Waals surface area contributed by atoms with Gasteiger partial charge in [0.25, 0.3) is 0 Å². The van der Waals surface area contributed by atoms with Gasteiger partial charge < -0.3 is 89.7 Å². The average molecular weight is 1420 g/mol. The Morgan fingerprint density at radius 3 is 2.14 bits per heavy atom. The van der Waals surface area contributed by atoms with E-state index in [4.69, 9.17) is 11.5 Å². The number of carbonyl (C=O) groups excluding carboxylic acids is 10. The molecule has 28 nitrogen and oxygen atoms in total. The number of amides is 10. The van der Waals surface area contributed by atoms with Crippen LogP contribution in [0, 0.1) is 5.82 Å². The molecule has 534 valence electrons. The number of nitrogens with two attached hydrogens (primary N) is 2. The number of carbonyl (C=O) groups is 11. The number of nitrogens with one attached hydrogen (secondary N) is 12. The third-order valence-corrected chi connectivity index (χ3v) is 19.9. The van der Waals surface area contributed by atoms with E-state index in [2.05, 4.69) is 63.1 Å². The van der Waals surface area contributed by atoms with Gasteiger partial charge in [-0.25, -0.2) is 4.39 Å². The second-order valence-corrected chi connectivity index (χ2v) is 27.6. The minimum Gasteiger partial charge on any atom is -0.508 e. The first kappa shape index (κ1) is 74.7. The van der Waals surface area contributed by atoms with Crippen LogP contribution in [0.4, 0.5) is 4.39 Å². The van der Waals surface area contributed by atoms with Crippen molar-refractivity contribution in [2.24, 2.45) is 11.5 Å². The Morgan fingerprint density at radius 2 is 1.41 bits per heavy atom. The zero-order chi connectivity index (χ0) is 71.5. The van der Waals surface area contributed by atoms with Crippen molar-refractivity contribution in [1.29, 1.82) is 0 Å². The number of aromatic nitrogens is 2. The van der Waals surface area contributed by atoms with E-state index >= 15 is 19.2 Å². The third-order valence-electron chi connectivity index (χ3n) is 17.8. The van der Waals surface area contributed by atoms with Crippen molar-refractivity contribution >= 4 is 110 Å². The predicted molar refractivity (Wildman–Crippen MR) is 374 cm³/mol. The molecule has 9 rings (SSSR count). The van der Waals surface area contributed by atoms with Gasteiger partial charge in [-0.15, -0.1) is 0 Å². The molecule has 0 spiro atoms. The predicted octanol–water partition coefficient (Wildman–Crippen LogP) is 0.981. The Kier molecular flexibility index (Phi) is 26.5. The lowest BCUT2D eigenvalue weighted by Crippen LogP contribution is -2.65. The van der Waals surface area contributed by atoms with E-state index in [0.717, 1.165) is 11.1 Å². The van der Waals surface area contributed by atoms with Crippen molar-refractivity contribution in [2.75, 3.05) is 44.4 Å². The number of halogens is 1. The molecule has 2 aromatic heterocycles. The van der Waals surface area contributed by atoms with Crippen LogP contribution < -0.4 is 64.6 Å². The topological polar surface area (TPSA) is 435 Å². The quantitative estimate of drug-likeness (QED) is 0.0637. The number of carboxylic acid groups (broad SMARTS) is 1. The van der Waals surface area contributed by atoms with Crippen LogP contribution in [-0.2, 0) is 83.5 Å². The summed E-state index contributed by atoms with van der Waals surface area (Å²) in [5.41, 5.74) is 13.8. The maximum Gasteiger partial charge on any atom is 0.305 e. The number of fused-ring (bicyclic) bond motifs is 5. The molecule has 4 aromatic carbocycles.